The Morgan fingerprint density at radius 3 is 2.45 bits per heavy atom. The lowest BCUT2D eigenvalue weighted by molar-refractivity contribution is 0.630. The van der Waals surface area contributed by atoms with E-state index >= 15 is 0 Å². The number of nitrogens with one attached hydrogen (secondary N) is 1. The number of hydrogen-bond donors (Lipinski definition) is 2. The molecule has 100 valence electrons. The second-order valence-corrected chi connectivity index (χ2v) is 4.55. The molecule has 0 aliphatic rings. The van der Waals surface area contributed by atoms with Crippen LogP contribution in [0.2, 0.25) is 0 Å². The predicted molar refractivity (Wildman–Crippen MR) is 76.5 cm³/mol. The molecular weight excluding hydrogens is 253 g/mol. The van der Waals surface area contributed by atoms with E-state index in [1.54, 1.807) is 24.4 Å². The van der Waals surface area contributed by atoms with Crippen molar-refractivity contribution in [3.05, 3.63) is 78.0 Å². The minimum absolute atomic E-state index is 0.281. The summed E-state index contributed by atoms with van der Waals surface area (Å²) in [6.07, 6.45) is 1.61. The Balaban J connectivity index is 1.93. The first-order chi connectivity index (χ1) is 9.75. The average Bonchev–Trinajstić information content (AvgIpc) is 2.97. The van der Waals surface area contributed by atoms with Crippen molar-refractivity contribution in [2.24, 2.45) is 5.73 Å². The van der Waals surface area contributed by atoms with Crippen LogP contribution in [0.1, 0.15) is 17.4 Å². The van der Waals surface area contributed by atoms with Crippen LogP contribution in [0.15, 0.2) is 60.8 Å². The van der Waals surface area contributed by atoms with Gasteiger partial charge in [0.2, 0.25) is 0 Å². The zero-order chi connectivity index (χ0) is 13.9. The van der Waals surface area contributed by atoms with Gasteiger partial charge in [0.25, 0.3) is 0 Å². The van der Waals surface area contributed by atoms with Crippen LogP contribution in [0.25, 0.3) is 11.3 Å². The van der Waals surface area contributed by atoms with Gasteiger partial charge in [-0.25, -0.2) is 9.37 Å². The number of imidazole rings is 1. The number of benzene rings is 2. The standard InChI is InChI=1S/C16H14FN3/c17-13-9-5-4-8-12(13)14-10-19-16(20-14)15(18)11-6-2-1-3-7-11/h1-10,15H,18H2,(H,19,20). The number of rotatable bonds is 3. The van der Waals surface area contributed by atoms with E-state index < -0.39 is 0 Å². The Kier molecular flexibility index (Phi) is 3.31. The zero-order valence-corrected chi connectivity index (χ0v) is 10.8. The third-order valence-electron chi connectivity index (χ3n) is 3.21. The molecule has 3 nitrogen and oxygen atoms in total. The molecule has 0 radical (unpaired) electrons. The molecule has 0 saturated carbocycles. The molecule has 20 heavy (non-hydrogen) atoms. The van der Waals surface area contributed by atoms with Crippen LogP contribution in [0, 0.1) is 5.82 Å². The van der Waals surface area contributed by atoms with Gasteiger partial charge >= 0.3 is 0 Å². The molecule has 2 aromatic carbocycles. The third kappa shape index (κ3) is 2.33. The van der Waals surface area contributed by atoms with Crippen LogP contribution in [0.4, 0.5) is 4.39 Å². The molecule has 3 rings (SSSR count). The summed E-state index contributed by atoms with van der Waals surface area (Å²) in [5.41, 5.74) is 8.24. The van der Waals surface area contributed by atoms with Gasteiger partial charge in [0.1, 0.15) is 11.6 Å². The lowest BCUT2D eigenvalue weighted by Gasteiger charge is -2.08. The highest BCUT2D eigenvalue weighted by atomic mass is 19.1. The number of nitrogens with zero attached hydrogens (tertiary/aromatic N) is 1. The maximum Gasteiger partial charge on any atom is 0.132 e. The van der Waals surface area contributed by atoms with Gasteiger partial charge in [-0.15, -0.1) is 0 Å². The van der Waals surface area contributed by atoms with Crippen LogP contribution in [-0.2, 0) is 0 Å². The molecule has 3 N–H and O–H groups in total. The maximum absolute atomic E-state index is 13.7. The van der Waals surface area contributed by atoms with Gasteiger partial charge in [0, 0.05) is 5.56 Å². The second-order valence-electron chi connectivity index (χ2n) is 4.55. The van der Waals surface area contributed by atoms with E-state index in [1.165, 1.54) is 6.07 Å². The van der Waals surface area contributed by atoms with Gasteiger partial charge in [-0.05, 0) is 17.7 Å². The van der Waals surface area contributed by atoms with Crippen molar-refractivity contribution in [2.75, 3.05) is 0 Å². The van der Waals surface area contributed by atoms with Crippen LogP contribution >= 0.6 is 0 Å². The fraction of sp³-hybridized carbons (Fsp3) is 0.0625. The number of aromatic amines is 1. The van der Waals surface area contributed by atoms with E-state index in [2.05, 4.69) is 9.97 Å². The SMILES string of the molecule is NC(c1ccccc1)c1ncc(-c2ccccc2F)[nH]1. The van der Waals surface area contributed by atoms with Crippen LogP contribution in [-0.4, -0.2) is 9.97 Å². The number of aromatic nitrogens is 2. The average molecular weight is 267 g/mol. The summed E-state index contributed by atoms with van der Waals surface area (Å²) in [5.74, 6) is 0.338. The molecule has 0 amide bonds. The molecule has 0 aliphatic heterocycles. The summed E-state index contributed by atoms with van der Waals surface area (Å²) in [4.78, 5) is 7.36. The molecule has 3 aromatic rings. The summed E-state index contributed by atoms with van der Waals surface area (Å²) in [5, 5.41) is 0. The van der Waals surface area contributed by atoms with Gasteiger partial charge in [-0.2, -0.15) is 0 Å². The molecular formula is C16H14FN3. The number of nitrogens with two attached hydrogens (primary N) is 1. The third-order valence-corrected chi connectivity index (χ3v) is 3.21. The lowest BCUT2D eigenvalue weighted by Crippen LogP contribution is -2.13. The van der Waals surface area contributed by atoms with E-state index in [-0.39, 0.29) is 11.9 Å². The topological polar surface area (TPSA) is 54.7 Å². The summed E-state index contributed by atoms with van der Waals surface area (Å²) in [7, 11) is 0. The van der Waals surface area contributed by atoms with Gasteiger partial charge in [-0.3, -0.25) is 0 Å². The molecule has 1 atom stereocenters. The first-order valence-electron chi connectivity index (χ1n) is 6.36. The van der Waals surface area contributed by atoms with Crippen LogP contribution in [0.5, 0.6) is 0 Å². The number of hydrogen-bond acceptors (Lipinski definition) is 2. The van der Waals surface area contributed by atoms with Crippen molar-refractivity contribution in [1.82, 2.24) is 9.97 Å². The van der Waals surface area contributed by atoms with Crippen molar-refractivity contribution >= 4 is 0 Å². The van der Waals surface area contributed by atoms with Crippen LogP contribution in [0.3, 0.4) is 0 Å². The highest BCUT2D eigenvalue weighted by molar-refractivity contribution is 5.59. The molecule has 0 saturated heterocycles. The van der Waals surface area contributed by atoms with Gasteiger partial charge in [0.15, 0.2) is 0 Å². The molecule has 1 unspecified atom stereocenters. The van der Waals surface area contributed by atoms with Gasteiger partial charge in [-0.1, -0.05) is 42.5 Å². The monoisotopic (exact) mass is 267 g/mol. The Morgan fingerprint density at radius 1 is 1.00 bits per heavy atom. The van der Waals surface area contributed by atoms with Gasteiger partial charge in [0.05, 0.1) is 17.9 Å². The number of H-pyrrole nitrogens is 1. The maximum atomic E-state index is 13.7. The summed E-state index contributed by atoms with van der Waals surface area (Å²) >= 11 is 0. The Bertz CT molecular complexity index is 707. The predicted octanol–water partition coefficient (Wildman–Crippen LogP) is 3.26. The van der Waals surface area contributed by atoms with E-state index in [0.717, 1.165) is 5.56 Å². The first kappa shape index (κ1) is 12.6. The quantitative estimate of drug-likeness (QED) is 0.765. The Morgan fingerprint density at radius 2 is 1.70 bits per heavy atom. The van der Waals surface area contributed by atoms with Crippen molar-refractivity contribution in [1.29, 1.82) is 0 Å². The highest BCUT2D eigenvalue weighted by Gasteiger charge is 2.14. The Hall–Kier alpha value is -2.46. The minimum Gasteiger partial charge on any atom is -0.340 e. The second kappa shape index (κ2) is 5.27. The number of halogens is 1. The molecule has 0 fully saturated rings. The van der Waals surface area contributed by atoms with Crippen molar-refractivity contribution in [3.63, 3.8) is 0 Å². The van der Waals surface area contributed by atoms with Crippen LogP contribution < -0.4 is 5.73 Å². The van der Waals surface area contributed by atoms with E-state index in [4.69, 9.17) is 5.73 Å². The highest BCUT2D eigenvalue weighted by Crippen LogP contribution is 2.23. The van der Waals surface area contributed by atoms with Crippen molar-refractivity contribution in [3.8, 4) is 11.3 Å². The van der Waals surface area contributed by atoms with Gasteiger partial charge < -0.3 is 10.7 Å². The molecule has 4 heteroatoms. The molecule has 1 heterocycles. The van der Waals surface area contributed by atoms with E-state index in [1.807, 2.05) is 30.3 Å². The lowest BCUT2D eigenvalue weighted by atomic mass is 10.1. The largest absolute Gasteiger partial charge is 0.340 e. The molecule has 0 bridgehead atoms. The van der Waals surface area contributed by atoms with E-state index in [0.29, 0.717) is 17.1 Å². The summed E-state index contributed by atoms with van der Waals surface area (Å²) in [6.45, 7) is 0. The fourth-order valence-electron chi connectivity index (χ4n) is 2.13. The summed E-state index contributed by atoms with van der Waals surface area (Å²) < 4.78 is 13.7. The Labute approximate surface area is 116 Å². The zero-order valence-electron chi connectivity index (χ0n) is 10.8. The molecule has 0 spiro atoms. The molecule has 1 aromatic heterocycles. The summed E-state index contributed by atoms with van der Waals surface area (Å²) in [6, 6.07) is 15.9. The van der Waals surface area contributed by atoms with Crippen molar-refractivity contribution < 1.29 is 4.39 Å². The van der Waals surface area contributed by atoms with E-state index in [9.17, 15) is 4.39 Å². The minimum atomic E-state index is -0.350. The smallest absolute Gasteiger partial charge is 0.132 e. The molecule has 0 aliphatic carbocycles. The van der Waals surface area contributed by atoms with Crippen molar-refractivity contribution in [2.45, 2.75) is 6.04 Å². The fourth-order valence-corrected chi connectivity index (χ4v) is 2.13. The first-order valence-corrected chi connectivity index (χ1v) is 6.36. The normalized spacial score (nSPS) is 12.3.